The summed E-state index contributed by atoms with van der Waals surface area (Å²) in [6.45, 7) is 3.49. The van der Waals surface area contributed by atoms with E-state index in [1.165, 1.54) is 5.56 Å². The van der Waals surface area contributed by atoms with Crippen molar-refractivity contribution < 1.29 is 9.47 Å². The summed E-state index contributed by atoms with van der Waals surface area (Å²) in [6.07, 6.45) is 1.85. The van der Waals surface area contributed by atoms with Gasteiger partial charge in [0, 0.05) is 12.6 Å². The largest absolute Gasteiger partial charge is 0.497 e. The number of nitrogens with two attached hydrogens (primary N) is 1. The Kier molecular flexibility index (Phi) is 5.90. The van der Waals surface area contributed by atoms with Gasteiger partial charge in [0.25, 0.3) is 0 Å². The molecule has 3 heteroatoms. The Hall–Kier alpha value is -1.06. The monoisotopic (exact) mass is 223 g/mol. The van der Waals surface area contributed by atoms with E-state index in [0.717, 1.165) is 25.2 Å². The fraction of sp³-hybridized carbons (Fsp3) is 0.538. The molecule has 1 rings (SSSR count). The first-order valence-electron chi connectivity index (χ1n) is 5.72. The molecule has 0 bridgehead atoms. The van der Waals surface area contributed by atoms with Crippen molar-refractivity contribution in [2.24, 2.45) is 5.73 Å². The highest BCUT2D eigenvalue weighted by Crippen LogP contribution is 2.13. The van der Waals surface area contributed by atoms with Crippen molar-refractivity contribution in [2.45, 2.75) is 25.8 Å². The maximum absolute atomic E-state index is 5.97. The van der Waals surface area contributed by atoms with Crippen molar-refractivity contribution in [3.8, 4) is 5.75 Å². The van der Waals surface area contributed by atoms with Crippen LogP contribution in [0, 0.1) is 0 Å². The van der Waals surface area contributed by atoms with E-state index in [0.29, 0.717) is 6.61 Å². The molecule has 1 atom stereocenters. The molecule has 0 heterocycles. The van der Waals surface area contributed by atoms with Gasteiger partial charge in [-0.3, -0.25) is 0 Å². The van der Waals surface area contributed by atoms with Crippen LogP contribution in [-0.4, -0.2) is 26.4 Å². The number of rotatable bonds is 7. The van der Waals surface area contributed by atoms with Crippen molar-refractivity contribution in [2.75, 3.05) is 20.3 Å². The van der Waals surface area contributed by atoms with E-state index in [2.05, 4.69) is 13.0 Å². The van der Waals surface area contributed by atoms with E-state index in [9.17, 15) is 0 Å². The second kappa shape index (κ2) is 7.25. The molecule has 1 unspecified atom stereocenters. The third-order valence-corrected chi connectivity index (χ3v) is 2.31. The summed E-state index contributed by atoms with van der Waals surface area (Å²) < 4.78 is 10.6. The molecule has 0 fully saturated rings. The number of methoxy groups -OCH3 is 1. The average molecular weight is 223 g/mol. The van der Waals surface area contributed by atoms with Crippen LogP contribution in [0.4, 0.5) is 0 Å². The lowest BCUT2D eigenvalue weighted by atomic mass is 10.1. The fourth-order valence-electron chi connectivity index (χ4n) is 1.54. The number of ether oxygens (including phenoxy) is 2. The molecule has 3 nitrogen and oxygen atoms in total. The molecule has 0 amide bonds. The van der Waals surface area contributed by atoms with Crippen molar-refractivity contribution in [3.05, 3.63) is 29.8 Å². The third-order valence-electron chi connectivity index (χ3n) is 2.31. The molecule has 0 saturated heterocycles. The van der Waals surface area contributed by atoms with Crippen LogP contribution in [0.2, 0.25) is 0 Å². The highest BCUT2D eigenvalue weighted by molar-refractivity contribution is 5.28. The molecule has 0 saturated carbocycles. The number of benzene rings is 1. The summed E-state index contributed by atoms with van der Waals surface area (Å²) in [5.74, 6) is 0.874. The van der Waals surface area contributed by atoms with Gasteiger partial charge in [0.1, 0.15) is 5.75 Å². The SMILES string of the molecule is CCCOCC(N)Cc1cccc(OC)c1. The van der Waals surface area contributed by atoms with E-state index in [-0.39, 0.29) is 6.04 Å². The van der Waals surface area contributed by atoms with Crippen LogP contribution in [0.3, 0.4) is 0 Å². The first kappa shape index (κ1) is 13.0. The summed E-state index contributed by atoms with van der Waals surface area (Å²) in [6, 6.07) is 8.04. The summed E-state index contributed by atoms with van der Waals surface area (Å²) in [5, 5.41) is 0. The maximum Gasteiger partial charge on any atom is 0.119 e. The molecular formula is C13H21NO2. The number of hydrogen-bond donors (Lipinski definition) is 1. The van der Waals surface area contributed by atoms with E-state index in [4.69, 9.17) is 15.2 Å². The van der Waals surface area contributed by atoms with Crippen molar-refractivity contribution >= 4 is 0 Å². The average Bonchev–Trinajstić information content (AvgIpc) is 2.29. The summed E-state index contributed by atoms with van der Waals surface area (Å²) in [5.41, 5.74) is 7.16. The Morgan fingerprint density at radius 3 is 2.88 bits per heavy atom. The van der Waals surface area contributed by atoms with Gasteiger partial charge >= 0.3 is 0 Å². The highest BCUT2D eigenvalue weighted by atomic mass is 16.5. The zero-order valence-corrected chi connectivity index (χ0v) is 10.1. The van der Waals surface area contributed by atoms with Crippen LogP contribution in [0.15, 0.2) is 24.3 Å². The Morgan fingerprint density at radius 1 is 1.38 bits per heavy atom. The molecule has 1 aromatic carbocycles. The van der Waals surface area contributed by atoms with Crippen molar-refractivity contribution in [1.82, 2.24) is 0 Å². The predicted octanol–water partition coefficient (Wildman–Crippen LogP) is 1.99. The van der Waals surface area contributed by atoms with E-state index >= 15 is 0 Å². The molecule has 0 spiro atoms. The molecule has 0 aliphatic rings. The Balaban J connectivity index is 2.39. The van der Waals surface area contributed by atoms with Gasteiger partial charge in [-0.15, -0.1) is 0 Å². The Labute approximate surface area is 97.6 Å². The van der Waals surface area contributed by atoms with Gasteiger partial charge < -0.3 is 15.2 Å². The van der Waals surface area contributed by atoms with E-state index in [1.807, 2.05) is 18.2 Å². The zero-order chi connectivity index (χ0) is 11.8. The quantitative estimate of drug-likeness (QED) is 0.719. The lowest BCUT2D eigenvalue weighted by Gasteiger charge is -2.12. The maximum atomic E-state index is 5.97. The molecule has 16 heavy (non-hydrogen) atoms. The molecule has 0 aliphatic carbocycles. The standard InChI is InChI=1S/C13H21NO2/c1-3-7-16-10-12(14)8-11-5-4-6-13(9-11)15-2/h4-6,9,12H,3,7-8,10,14H2,1-2H3. The van der Waals surface area contributed by atoms with E-state index < -0.39 is 0 Å². The molecule has 0 radical (unpaired) electrons. The minimum atomic E-state index is 0.0543. The van der Waals surface area contributed by atoms with Gasteiger partial charge in [-0.1, -0.05) is 19.1 Å². The molecule has 90 valence electrons. The second-order valence-corrected chi connectivity index (χ2v) is 3.89. The summed E-state index contributed by atoms with van der Waals surface area (Å²) in [4.78, 5) is 0. The van der Waals surface area contributed by atoms with Gasteiger partial charge in [-0.05, 0) is 30.5 Å². The molecule has 0 aliphatic heterocycles. The van der Waals surface area contributed by atoms with Gasteiger partial charge in [-0.25, -0.2) is 0 Å². The molecular weight excluding hydrogens is 202 g/mol. The first-order valence-corrected chi connectivity index (χ1v) is 5.72. The van der Waals surface area contributed by atoms with Gasteiger partial charge in [0.05, 0.1) is 13.7 Å². The van der Waals surface area contributed by atoms with Crippen LogP contribution >= 0.6 is 0 Å². The van der Waals surface area contributed by atoms with Crippen LogP contribution < -0.4 is 10.5 Å². The van der Waals surface area contributed by atoms with Crippen LogP contribution in [0.5, 0.6) is 5.75 Å². The van der Waals surface area contributed by atoms with Gasteiger partial charge in [-0.2, -0.15) is 0 Å². The van der Waals surface area contributed by atoms with Crippen LogP contribution in [0.25, 0.3) is 0 Å². The first-order chi connectivity index (χ1) is 7.76. The Morgan fingerprint density at radius 2 is 2.19 bits per heavy atom. The van der Waals surface area contributed by atoms with Gasteiger partial charge in [0.2, 0.25) is 0 Å². The second-order valence-electron chi connectivity index (χ2n) is 3.89. The lowest BCUT2D eigenvalue weighted by Crippen LogP contribution is -2.28. The minimum absolute atomic E-state index is 0.0543. The summed E-state index contributed by atoms with van der Waals surface area (Å²) in [7, 11) is 1.67. The van der Waals surface area contributed by atoms with Crippen molar-refractivity contribution in [1.29, 1.82) is 0 Å². The lowest BCUT2D eigenvalue weighted by molar-refractivity contribution is 0.121. The van der Waals surface area contributed by atoms with Crippen molar-refractivity contribution in [3.63, 3.8) is 0 Å². The number of hydrogen-bond acceptors (Lipinski definition) is 3. The third kappa shape index (κ3) is 4.64. The smallest absolute Gasteiger partial charge is 0.119 e. The zero-order valence-electron chi connectivity index (χ0n) is 10.1. The van der Waals surface area contributed by atoms with Crippen LogP contribution in [-0.2, 0) is 11.2 Å². The van der Waals surface area contributed by atoms with E-state index in [1.54, 1.807) is 7.11 Å². The van der Waals surface area contributed by atoms with Gasteiger partial charge in [0.15, 0.2) is 0 Å². The Bertz CT molecular complexity index is 302. The highest BCUT2D eigenvalue weighted by Gasteiger charge is 2.04. The minimum Gasteiger partial charge on any atom is -0.497 e. The topological polar surface area (TPSA) is 44.5 Å². The van der Waals surface area contributed by atoms with Crippen LogP contribution in [0.1, 0.15) is 18.9 Å². The predicted molar refractivity (Wildman–Crippen MR) is 65.8 cm³/mol. The molecule has 0 aromatic heterocycles. The fourth-order valence-corrected chi connectivity index (χ4v) is 1.54. The molecule has 2 N–H and O–H groups in total. The normalized spacial score (nSPS) is 12.4. The molecule has 1 aromatic rings. The summed E-state index contributed by atoms with van der Waals surface area (Å²) >= 11 is 0.